The molecule has 1 aromatic rings. The van der Waals surface area contributed by atoms with Gasteiger partial charge in [-0.2, -0.15) is 0 Å². The Morgan fingerprint density at radius 2 is 1.72 bits per heavy atom. The Bertz CT molecular complexity index is 389. The van der Waals surface area contributed by atoms with Crippen molar-refractivity contribution in [3.63, 3.8) is 0 Å². The van der Waals surface area contributed by atoms with Gasteiger partial charge in [-0.15, -0.1) is 0 Å². The molecule has 0 bridgehead atoms. The maximum atomic E-state index is 5.04. The molecule has 2 rings (SSSR count). The quantitative estimate of drug-likeness (QED) is 0.774. The standard InChI is InChI=1S/C15H22N2S/c1-12-4-6-15(7-5-12)10-17-13(2)8-16(11-18)9-14(17)3/h4-7,11,13-14H,8-10H2,1-3H3/t13-,14?/m0/s1. The maximum Gasteiger partial charge on any atom is 0.0642 e. The second-order valence-electron chi connectivity index (χ2n) is 5.42. The van der Waals surface area contributed by atoms with Crippen LogP contribution in [0.3, 0.4) is 0 Å². The van der Waals surface area contributed by atoms with E-state index in [1.807, 2.05) is 0 Å². The summed E-state index contributed by atoms with van der Waals surface area (Å²) in [6.45, 7) is 9.83. The normalized spacial score (nSPS) is 25.2. The van der Waals surface area contributed by atoms with Crippen LogP contribution < -0.4 is 0 Å². The van der Waals surface area contributed by atoms with Crippen molar-refractivity contribution in [2.75, 3.05) is 13.1 Å². The first-order chi connectivity index (χ1) is 8.60. The zero-order valence-electron chi connectivity index (χ0n) is 11.5. The van der Waals surface area contributed by atoms with Crippen LogP contribution in [0, 0.1) is 6.92 Å². The van der Waals surface area contributed by atoms with E-state index in [4.69, 9.17) is 12.2 Å². The van der Waals surface area contributed by atoms with Gasteiger partial charge in [0.1, 0.15) is 0 Å². The molecule has 0 radical (unpaired) electrons. The molecule has 0 amide bonds. The van der Waals surface area contributed by atoms with Crippen LogP contribution in [0.15, 0.2) is 24.3 Å². The predicted molar refractivity (Wildman–Crippen MR) is 80.9 cm³/mol. The van der Waals surface area contributed by atoms with E-state index < -0.39 is 0 Å². The molecule has 0 N–H and O–H groups in total. The molecule has 1 fully saturated rings. The number of hydrogen-bond acceptors (Lipinski definition) is 2. The number of benzene rings is 1. The van der Waals surface area contributed by atoms with Crippen molar-refractivity contribution in [1.82, 2.24) is 9.80 Å². The van der Waals surface area contributed by atoms with Crippen molar-refractivity contribution in [2.45, 2.75) is 39.4 Å². The molecule has 0 aliphatic carbocycles. The van der Waals surface area contributed by atoms with Crippen LogP contribution in [0.5, 0.6) is 0 Å². The summed E-state index contributed by atoms with van der Waals surface area (Å²) in [5.74, 6) is 0. The second kappa shape index (κ2) is 5.81. The van der Waals surface area contributed by atoms with E-state index in [1.165, 1.54) is 11.1 Å². The predicted octanol–water partition coefficient (Wildman–Crippen LogP) is 2.85. The van der Waals surface area contributed by atoms with Gasteiger partial charge in [-0.1, -0.05) is 42.0 Å². The molecule has 98 valence electrons. The monoisotopic (exact) mass is 262 g/mol. The molecule has 0 saturated carbocycles. The van der Waals surface area contributed by atoms with Crippen LogP contribution in [-0.4, -0.2) is 40.5 Å². The first kappa shape index (κ1) is 13.5. The zero-order valence-corrected chi connectivity index (χ0v) is 12.3. The summed E-state index contributed by atoms with van der Waals surface area (Å²) in [6, 6.07) is 9.96. The van der Waals surface area contributed by atoms with Crippen molar-refractivity contribution >= 4 is 17.7 Å². The number of piperazine rings is 1. The van der Waals surface area contributed by atoms with Gasteiger partial charge < -0.3 is 4.90 Å². The molecule has 3 heteroatoms. The van der Waals surface area contributed by atoms with E-state index in [-0.39, 0.29) is 0 Å². The number of hydrogen-bond donors (Lipinski definition) is 0. The van der Waals surface area contributed by atoms with Crippen LogP contribution in [0.4, 0.5) is 0 Å². The Morgan fingerprint density at radius 3 is 2.22 bits per heavy atom. The lowest BCUT2D eigenvalue weighted by Gasteiger charge is -2.43. The molecule has 18 heavy (non-hydrogen) atoms. The van der Waals surface area contributed by atoms with Crippen LogP contribution in [0.25, 0.3) is 0 Å². The fourth-order valence-corrected chi connectivity index (χ4v) is 2.87. The first-order valence-electron chi connectivity index (χ1n) is 6.61. The van der Waals surface area contributed by atoms with Gasteiger partial charge >= 0.3 is 0 Å². The summed E-state index contributed by atoms with van der Waals surface area (Å²) in [6.07, 6.45) is 0. The topological polar surface area (TPSA) is 6.48 Å². The average molecular weight is 262 g/mol. The highest BCUT2D eigenvalue weighted by molar-refractivity contribution is 7.78. The second-order valence-corrected chi connectivity index (χ2v) is 5.63. The van der Waals surface area contributed by atoms with Crippen molar-refractivity contribution in [3.8, 4) is 0 Å². The van der Waals surface area contributed by atoms with Gasteiger partial charge in [-0.3, -0.25) is 4.90 Å². The lowest BCUT2D eigenvalue weighted by atomic mass is 10.1. The molecule has 1 heterocycles. The van der Waals surface area contributed by atoms with Gasteiger partial charge in [-0.05, 0) is 26.3 Å². The Morgan fingerprint density at radius 1 is 1.17 bits per heavy atom. The van der Waals surface area contributed by atoms with Gasteiger partial charge in [0.15, 0.2) is 0 Å². The highest BCUT2D eigenvalue weighted by atomic mass is 32.1. The molecule has 1 aliphatic heterocycles. The summed E-state index contributed by atoms with van der Waals surface area (Å²) in [4.78, 5) is 4.82. The van der Waals surface area contributed by atoms with E-state index in [9.17, 15) is 0 Å². The molecule has 2 atom stereocenters. The summed E-state index contributed by atoms with van der Waals surface area (Å²) in [5.41, 5.74) is 4.52. The number of thiocarbonyl (C=S) groups is 1. The fourth-order valence-electron chi connectivity index (χ4n) is 2.70. The Hall–Kier alpha value is -0.930. The third-order valence-electron chi connectivity index (χ3n) is 3.76. The first-order valence-corrected chi connectivity index (χ1v) is 7.08. The van der Waals surface area contributed by atoms with Gasteiger partial charge in [0.25, 0.3) is 0 Å². The highest BCUT2D eigenvalue weighted by Crippen LogP contribution is 2.18. The number of nitrogens with zero attached hydrogens (tertiary/aromatic N) is 2. The van der Waals surface area contributed by atoms with E-state index in [0.29, 0.717) is 12.1 Å². The average Bonchev–Trinajstić information content (AvgIpc) is 2.35. The van der Waals surface area contributed by atoms with E-state index >= 15 is 0 Å². The minimum atomic E-state index is 0.550. The molecule has 2 nitrogen and oxygen atoms in total. The lowest BCUT2D eigenvalue weighted by Crippen LogP contribution is -2.55. The Balaban J connectivity index is 2.04. The van der Waals surface area contributed by atoms with Gasteiger partial charge in [0, 0.05) is 31.7 Å². The van der Waals surface area contributed by atoms with Crippen LogP contribution in [-0.2, 0) is 6.54 Å². The fraction of sp³-hybridized carbons (Fsp3) is 0.533. The van der Waals surface area contributed by atoms with Crippen molar-refractivity contribution in [2.24, 2.45) is 0 Å². The minimum absolute atomic E-state index is 0.550. The van der Waals surface area contributed by atoms with Crippen LogP contribution >= 0.6 is 12.2 Å². The summed E-state index contributed by atoms with van der Waals surface area (Å²) >= 11 is 5.04. The van der Waals surface area contributed by atoms with E-state index in [0.717, 1.165) is 19.6 Å². The smallest absolute Gasteiger partial charge is 0.0642 e. The summed E-state index contributed by atoms with van der Waals surface area (Å²) in [7, 11) is 0. The number of aryl methyl sites for hydroxylation is 1. The summed E-state index contributed by atoms with van der Waals surface area (Å²) < 4.78 is 0. The van der Waals surface area contributed by atoms with E-state index in [2.05, 4.69) is 54.8 Å². The Labute approximate surface area is 116 Å². The Kier molecular flexibility index (Phi) is 4.36. The van der Waals surface area contributed by atoms with Crippen LogP contribution in [0.2, 0.25) is 0 Å². The van der Waals surface area contributed by atoms with Gasteiger partial charge in [0.05, 0.1) is 5.49 Å². The molecule has 0 spiro atoms. The zero-order chi connectivity index (χ0) is 13.1. The highest BCUT2D eigenvalue weighted by Gasteiger charge is 2.27. The SMILES string of the molecule is Cc1ccc(CN2C(C)CN(C=S)C[C@@H]2C)cc1. The molecule has 1 saturated heterocycles. The van der Waals surface area contributed by atoms with Crippen molar-refractivity contribution < 1.29 is 0 Å². The largest absolute Gasteiger partial charge is 0.366 e. The van der Waals surface area contributed by atoms with E-state index in [1.54, 1.807) is 5.49 Å². The number of rotatable bonds is 3. The molecular formula is C15H22N2S. The van der Waals surface area contributed by atoms with Gasteiger partial charge in [0.2, 0.25) is 0 Å². The molecule has 1 aliphatic rings. The minimum Gasteiger partial charge on any atom is -0.366 e. The third-order valence-corrected chi connectivity index (χ3v) is 4.06. The van der Waals surface area contributed by atoms with Crippen molar-refractivity contribution in [3.05, 3.63) is 35.4 Å². The molecular weight excluding hydrogens is 240 g/mol. The van der Waals surface area contributed by atoms with Crippen molar-refractivity contribution in [1.29, 1.82) is 0 Å². The molecule has 0 aromatic heterocycles. The maximum absolute atomic E-state index is 5.04. The summed E-state index contributed by atoms with van der Waals surface area (Å²) in [5, 5.41) is 0. The van der Waals surface area contributed by atoms with Gasteiger partial charge in [-0.25, -0.2) is 0 Å². The van der Waals surface area contributed by atoms with Crippen LogP contribution in [0.1, 0.15) is 25.0 Å². The lowest BCUT2D eigenvalue weighted by molar-refractivity contribution is 0.0676. The molecule has 1 aromatic carbocycles. The third kappa shape index (κ3) is 3.09. The molecule has 1 unspecified atom stereocenters.